The molecule has 1 unspecified atom stereocenters. The first-order valence-corrected chi connectivity index (χ1v) is 18.0. The number of carbonyl (C=O) groups is 2. The van der Waals surface area contributed by atoms with Gasteiger partial charge in [-0.25, -0.2) is 0 Å². The van der Waals surface area contributed by atoms with Gasteiger partial charge in [0, 0.05) is 39.8 Å². The van der Waals surface area contributed by atoms with E-state index in [0.29, 0.717) is 24.9 Å². The molecule has 4 N–H and O–H groups in total. The summed E-state index contributed by atoms with van der Waals surface area (Å²) in [6.07, 6.45) is 14.0. The van der Waals surface area contributed by atoms with Gasteiger partial charge in [0.25, 0.3) is 0 Å². The van der Waals surface area contributed by atoms with E-state index in [1.807, 2.05) is 30.3 Å². The maximum absolute atomic E-state index is 14.9. The summed E-state index contributed by atoms with van der Waals surface area (Å²) in [6, 6.07) is 18.3. The molecule has 7 aliphatic rings. The van der Waals surface area contributed by atoms with E-state index in [-0.39, 0.29) is 51.8 Å². The van der Waals surface area contributed by atoms with E-state index in [1.165, 1.54) is 0 Å². The van der Waals surface area contributed by atoms with Gasteiger partial charge >= 0.3 is 0 Å². The molecule has 248 valence electrons. The number of piperidine rings is 1. The Balaban J connectivity index is 1.18. The summed E-state index contributed by atoms with van der Waals surface area (Å²) in [5, 5.41) is 23.7. The van der Waals surface area contributed by atoms with E-state index in [9.17, 15) is 19.8 Å². The Kier molecular flexibility index (Phi) is 7.12. The summed E-state index contributed by atoms with van der Waals surface area (Å²) < 4.78 is 0. The first-order valence-electron chi connectivity index (χ1n) is 18.0. The molecule has 2 aromatic carbocycles. The molecule has 2 aromatic rings. The lowest BCUT2D eigenvalue weighted by Crippen LogP contribution is -2.67. The number of hydrogen-bond donors (Lipinski definition) is 3. The number of amides is 1. The first kappa shape index (κ1) is 31.2. The van der Waals surface area contributed by atoms with Crippen molar-refractivity contribution in [3.8, 4) is 11.1 Å². The lowest BCUT2D eigenvalue weighted by atomic mass is 9.32. The molecule has 47 heavy (non-hydrogen) atoms. The van der Waals surface area contributed by atoms with E-state index >= 15 is 0 Å². The highest BCUT2D eigenvalue weighted by Gasteiger charge is 2.74. The summed E-state index contributed by atoms with van der Waals surface area (Å²) in [6.45, 7) is 6.88. The van der Waals surface area contributed by atoms with Gasteiger partial charge in [-0.15, -0.1) is 0 Å². The molecule has 9 rings (SSSR count). The number of likely N-dealkylation sites (tertiary alicyclic amines) is 1. The smallest absolute Gasteiger partial charge is 0.220 e. The summed E-state index contributed by atoms with van der Waals surface area (Å²) in [5.41, 5.74) is 7.32. The van der Waals surface area contributed by atoms with Gasteiger partial charge in [-0.05, 0) is 99.3 Å². The minimum Gasteiger partial charge on any atom is -0.393 e. The number of rotatable bonds is 6. The molecule has 8 atom stereocenters. The van der Waals surface area contributed by atoms with E-state index in [1.54, 1.807) is 0 Å². The van der Waals surface area contributed by atoms with E-state index in [4.69, 9.17) is 5.73 Å². The van der Waals surface area contributed by atoms with E-state index < -0.39 is 11.0 Å². The first-order chi connectivity index (χ1) is 22.4. The molecule has 4 fully saturated rings. The highest BCUT2D eigenvalue weighted by atomic mass is 16.3. The number of allylic oxidation sites excluding steroid dienone is 4. The van der Waals surface area contributed by atoms with Gasteiger partial charge in [0.1, 0.15) is 0 Å². The number of aliphatic hydroxyl groups excluding tert-OH is 1. The molecular formula is C41H50N2O4. The van der Waals surface area contributed by atoms with Crippen LogP contribution in [0.15, 0.2) is 78.4 Å². The van der Waals surface area contributed by atoms with Crippen molar-refractivity contribution in [3.63, 3.8) is 0 Å². The van der Waals surface area contributed by atoms with Crippen molar-refractivity contribution >= 4 is 11.7 Å². The largest absolute Gasteiger partial charge is 0.393 e. The summed E-state index contributed by atoms with van der Waals surface area (Å²) in [7, 11) is 0. The normalized spacial score (nSPS) is 41.1. The third kappa shape index (κ3) is 4.33. The molecule has 1 amide bonds. The lowest BCUT2D eigenvalue weighted by molar-refractivity contribution is -0.177. The molecule has 0 aromatic heterocycles. The maximum atomic E-state index is 14.9. The molecule has 6 nitrogen and oxygen atoms in total. The number of β-amino-alcohol motifs (C(OH)–C–C–N with tert-alkyl or cyclic N) is 1. The summed E-state index contributed by atoms with van der Waals surface area (Å²) in [4.78, 5) is 29.1. The Morgan fingerprint density at radius 2 is 1.47 bits per heavy atom. The Labute approximate surface area is 279 Å². The number of nitrogens with zero attached hydrogens (tertiary/aromatic N) is 1. The molecular weight excluding hydrogens is 584 g/mol. The standard InChI is InChI=1S/C41H50N2O4/c1-37-17-12-31(44)24-39(37)20-21-41(32(25-39)35(45)29-10-8-28(9-11-29)27-6-4-3-5-7-27)33(37)13-18-38(2)34(41)14-19-40(38,47)26-43-22-15-30(16-23-43)36(42)46/h3-11,20-21,25,30-31,33-34,44,47H,12-19,22-24,26H2,1-2H3,(H2,42,46)/t31?,33-,34-,37-,38+,39+,40-,41-/m1/s1. The highest BCUT2D eigenvalue weighted by Crippen LogP contribution is 2.78. The van der Waals surface area contributed by atoms with Crippen LogP contribution in [0, 0.1) is 39.4 Å². The molecule has 1 heterocycles. The number of aliphatic hydroxyl groups is 2. The van der Waals surface area contributed by atoms with Crippen molar-refractivity contribution in [1.29, 1.82) is 0 Å². The quantitative estimate of drug-likeness (QED) is 0.255. The zero-order valence-corrected chi connectivity index (χ0v) is 28.0. The number of ketones is 1. The fraction of sp³-hybridized carbons (Fsp3) is 0.561. The fourth-order valence-electron chi connectivity index (χ4n) is 11.9. The summed E-state index contributed by atoms with van der Waals surface area (Å²) >= 11 is 0. The summed E-state index contributed by atoms with van der Waals surface area (Å²) in [5.74, 6) is 0.195. The van der Waals surface area contributed by atoms with Crippen LogP contribution >= 0.6 is 0 Å². The number of benzene rings is 2. The van der Waals surface area contributed by atoms with Gasteiger partial charge in [-0.2, -0.15) is 0 Å². The number of Topliss-reactive ketones (excluding diaryl/α,β-unsaturated/α-hetero) is 1. The zero-order valence-electron chi connectivity index (χ0n) is 28.0. The van der Waals surface area contributed by atoms with Gasteiger partial charge in [-0.3, -0.25) is 9.59 Å². The van der Waals surface area contributed by atoms with Crippen molar-refractivity contribution in [2.45, 2.75) is 83.3 Å². The molecule has 1 aliphatic heterocycles. The number of nitrogens with two attached hydrogens (primary N) is 1. The molecule has 1 saturated heterocycles. The maximum Gasteiger partial charge on any atom is 0.220 e. The zero-order chi connectivity index (χ0) is 32.8. The average molecular weight is 635 g/mol. The van der Waals surface area contributed by atoms with Gasteiger partial charge in [0.2, 0.25) is 5.91 Å². The van der Waals surface area contributed by atoms with Crippen LogP contribution in [0.2, 0.25) is 0 Å². The van der Waals surface area contributed by atoms with Crippen LogP contribution in [0.25, 0.3) is 11.1 Å². The van der Waals surface area contributed by atoms with E-state index in [0.717, 1.165) is 74.7 Å². The van der Waals surface area contributed by atoms with Gasteiger partial charge < -0.3 is 20.8 Å². The minimum atomic E-state index is -0.883. The fourth-order valence-corrected chi connectivity index (χ4v) is 11.9. The second-order valence-electron chi connectivity index (χ2n) is 16.5. The lowest BCUT2D eigenvalue weighted by Gasteiger charge is -2.71. The van der Waals surface area contributed by atoms with Gasteiger partial charge in [-0.1, -0.05) is 86.7 Å². The monoisotopic (exact) mass is 634 g/mol. The molecule has 2 bridgehead atoms. The van der Waals surface area contributed by atoms with Crippen molar-refractivity contribution in [2.75, 3.05) is 19.6 Å². The van der Waals surface area contributed by atoms with Gasteiger partial charge in [0.05, 0.1) is 11.7 Å². The Bertz CT molecular complexity index is 1640. The van der Waals surface area contributed by atoms with Crippen LogP contribution in [0.3, 0.4) is 0 Å². The molecule has 6 aliphatic carbocycles. The number of fused-ring (bicyclic) bond motifs is 1. The van der Waals surface area contributed by atoms with Crippen LogP contribution in [-0.4, -0.2) is 58.1 Å². The van der Waals surface area contributed by atoms with Crippen molar-refractivity contribution in [3.05, 3.63) is 84.0 Å². The topological polar surface area (TPSA) is 104 Å². The third-order valence-corrected chi connectivity index (χ3v) is 14.7. The predicted molar refractivity (Wildman–Crippen MR) is 183 cm³/mol. The minimum absolute atomic E-state index is 0.0550. The molecule has 2 spiro atoms. The van der Waals surface area contributed by atoms with Gasteiger partial charge in [0.15, 0.2) is 5.78 Å². The number of primary amides is 1. The van der Waals surface area contributed by atoms with Crippen LogP contribution in [0.1, 0.15) is 82.0 Å². The molecule has 0 radical (unpaired) electrons. The molecule has 6 heteroatoms. The third-order valence-electron chi connectivity index (χ3n) is 14.7. The second kappa shape index (κ2) is 10.7. The van der Waals surface area contributed by atoms with E-state index in [2.05, 4.69) is 61.2 Å². The molecule has 3 saturated carbocycles. The SMILES string of the molecule is C[C@]12CC[C@H]3[C@]4(C=C[C@@]5(C=C4C(=O)c4ccc(-c6ccccc6)cc4)CC(O)CC[C@]35C)[C@@H]1CC[C@@]2(O)CN1CCC(C(N)=O)CC1. The van der Waals surface area contributed by atoms with Crippen LogP contribution < -0.4 is 5.73 Å². The second-order valence-corrected chi connectivity index (χ2v) is 16.5. The van der Waals surface area contributed by atoms with Crippen LogP contribution in [-0.2, 0) is 4.79 Å². The highest BCUT2D eigenvalue weighted by molar-refractivity contribution is 6.10. The van der Waals surface area contributed by atoms with Crippen LogP contribution in [0.4, 0.5) is 0 Å². The Morgan fingerprint density at radius 1 is 0.830 bits per heavy atom. The number of carbonyl (C=O) groups excluding carboxylic acids is 2. The van der Waals surface area contributed by atoms with Crippen molar-refractivity contribution in [2.24, 2.45) is 45.1 Å². The Hall–Kier alpha value is -3.06. The van der Waals surface area contributed by atoms with Crippen LogP contribution in [0.5, 0.6) is 0 Å². The van der Waals surface area contributed by atoms with Crippen molar-refractivity contribution in [1.82, 2.24) is 4.90 Å². The predicted octanol–water partition coefficient (Wildman–Crippen LogP) is 6.32. The van der Waals surface area contributed by atoms with Crippen molar-refractivity contribution < 1.29 is 19.8 Å². The average Bonchev–Trinajstić information content (AvgIpc) is 3.34. The number of hydrogen-bond acceptors (Lipinski definition) is 5. The Morgan fingerprint density at radius 3 is 2.17 bits per heavy atom.